The largest absolute Gasteiger partial charge is 0.494 e. The quantitative estimate of drug-likeness (QED) is 0.578. The van der Waals surface area contributed by atoms with E-state index in [2.05, 4.69) is 27.4 Å². The van der Waals surface area contributed by atoms with Crippen molar-refractivity contribution in [2.24, 2.45) is 4.99 Å². The average molecular weight is 222 g/mol. The normalized spacial score (nSPS) is 9.79. The number of nitrogens with zero attached hydrogens (tertiary/aromatic N) is 2. The number of fused-ring (bicyclic) bond motifs is 1. The lowest BCUT2D eigenvalue weighted by atomic mass is 10.3. The summed E-state index contributed by atoms with van der Waals surface area (Å²) in [6.07, 6.45) is 0. The van der Waals surface area contributed by atoms with Gasteiger partial charge in [0.2, 0.25) is 0 Å². The van der Waals surface area contributed by atoms with Crippen LogP contribution in [0.1, 0.15) is 0 Å². The monoisotopic (exact) mass is 222 g/mol. The SMILES string of the molecule is COc1cc2ncsc2cc1N=C=S. The van der Waals surface area contributed by atoms with Crippen LogP contribution in [-0.4, -0.2) is 17.3 Å². The minimum Gasteiger partial charge on any atom is -0.494 e. The summed E-state index contributed by atoms with van der Waals surface area (Å²) in [6.45, 7) is 0. The molecule has 1 aromatic heterocycles. The second-order valence-electron chi connectivity index (χ2n) is 2.55. The standard InChI is InChI=1S/C9H6N2OS2/c1-12-8-2-7-9(14-5-11-7)3-6(8)10-4-13/h2-3,5H,1H3. The Balaban J connectivity index is 2.72. The summed E-state index contributed by atoms with van der Waals surface area (Å²) in [7, 11) is 1.59. The summed E-state index contributed by atoms with van der Waals surface area (Å²) in [6, 6.07) is 3.74. The number of methoxy groups -OCH3 is 1. The molecule has 3 nitrogen and oxygen atoms in total. The van der Waals surface area contributed by atoms with E-state index in [-0.39, 0.29) is 0 Å². The lowest BCUT2D eigenvalue weighted by Crippen LogP contribution is -1.83. The molecule has 5 heteroatoms. The van der Waals surface area contributed by atoms with Crippen molar-refractivity contribution in [2.45, 2.75) is 0 Å². The first kappa shape index (κ1) is 9.27. The van der Waals surface area contributed by atoms with Crippen molar-refractivity contribution in [2.75, 3.05) is 7.11 Å². The summed E-state index contributed by atoms with van der Waals surface area (Å²) >= 11 is 6.12. The molecule has 2 rings (SSSR count). The van der Waals surface area contributed by atoms with Crippen molar-refractivity contribution in [1.29, 1.82) is 0 Å². The van der Waals surface area contributed by atoms with E-state index in [0.717, 1.165) is 10.2 Å². The number of thiazole rings is 1. The third-order valence-corrected chi connectivity index (χ3v) is 2.68. The van der Waals surface area contributed by atoms with Crippen molar-refractivity contribution in [1.82, 2.24) is 4.98 Å². The molecule has 0 atom stereocenters. The number of rotatable bonds is 2. The molecule has 0 spiro atoms. The third-order valence-electron chi connectivity index (χ3n) is 1.80. The second-order valence-corrected chi connectivity index (χ2v) is 3.62. The molecule has 2 aromatic rings. The Morgan fingerprint density at radius 2 is 2.43 bits per heavy atom. The number of aromatic nitrogens is 1. The van der Waals surface area contributed by atoms with Gasteiger partial charge in [0, 0.05) is 6.07 Å². The van der Waals surface area contributed by atoms with E-state index < -0.39 is 0 Å². The van der Waals surface area contributed by atoms with Crippen molar-refractivity contribution >= 4 is 44.6 Å². The van der Waals surface area contributed by atoms with E-state index in [0.29, 0.717) is 11.4 Å². The Morgan fingerprint density at radius 1 is 1.57 bits per heavy atom. The van der Waals surface area contributed by atoms with Crippen LogP contribution >= 0.6 is 23.6 Å². The summed E-state index contributed by atoms with van der Waals surface area (Å²) in [5, 5.41) is 2.33. The van der Waals surface area contributed by atoms with Crippen LogP contribution < -0.4 is 4.74 Å². The van der Waals surface area contributed by atoms with Crippen LogP contribution in [0.2, 0.25) is 0 Å². The van der Waals surface area contributed by atoms with Gasteiger partial charge in [0.15, 0.2) is 0 Å². The lowest BCUT2D eigenvalue weighted by Gasteiger charge is -2.02. The molecule has 0 N–H and O–H groups in total. The highest BCUT2D eigenvalue weighted by Crippen LogP contribution is 2.33. The van der Waals surface area contributed by atoms with Gasteiger partial charge in [-0.2, -0.15) is 4.99 Å². The van der Waals surface area contributed by atoms with Gasteiger partial charge in [0.25, 0.3) is 0 Å². The van der Waals surface area contributed by atoms with Crippen molar-refractivity contribution in [3.8, 4) is 5.75 Å². The Labute approximate surface area is 90.1 Å². The van der Waals surface area contributed by atoms with Crippen LogP contribution in [0.5, 0.6) is 5.75 Å². The highest BCUT2D eigenvalue weighted by molar-refractivity contribution is 7.78. The van der Waals surface area contributed by atoms with Gasteiger partial charge < -0.3 is 4.74 Å². The molecule has 0 unspecified atom stereocenters. The van der Waals surface area contributed by atoms with Crippen molar-refractivity contribution < 1.29 is 4.74 Å². The van der Waals surface area contributed by atoms with E-state index in [4.69, 9.17) is 4.74 Å². The maximum absolute atomic E-state index is 5.16. The fourth-order valence-corrected chi connectivity index (χ4v) is 1.96. The van der Waals surface area contributed by atoms with E-state index in [1.165, 1.54) is 0 Å². The van der Waals surface area contributed by atoms with Gasteiger partial charge in [-0.3, -0.25) is 0 Å². The Kier molecular flexibility index (Phi) is 2.54. The van der Waals surface area contributed by atoms with E-state index in [1.807, 2.05) is 12.1 Å². The minimum absolute atomic E-state index is 0.667. The van der Waals surface area contributed by atoms with Crippen LogP contribution in [0.3, 0.4) is 0 Å². The number of isothiocyanates is 1. The lowest BCUT2D eigenvalue weighted by molar-refractivity contribution is 0.417. The van der Waals surface area contributed by atoms with E-state index in [9.17, 15) is 0 Å². The molecular formula is C9H6N2OS2. The first-order chi connectivity index (χ1) is 6.85. The van der Waals surface area contributed by atoms with Gasteiger partial charge >= 0.3 is 0 Å². The predicted molar refractivity (Wildman–Crippen MR) is 60.9 cm³/mol. The van der Waals surface area contributed by atoms with Gasteiger partial charge in [-0.25, -0.2) is 4.98 Å². The molecule has 0 bridgehead atoms. The molecule has 70 valence electrons. The van der Waals surface area contributed by atoms with Crippen LogP contribution in [0.4, 0.5) is 5.69 Å². The highest BCUT2D eigenvalue weighted by Gasteiger charge is 2.05. The van der Waals surface area contributed by atoms with Gasteiger partial charge in [-0.1, -0.05) is 0 Å². The minimum atomic E-state index is 0.667. The summed E-state index contributed by atoms with van der Waals surface area (Å²) in [4.78, 5) is 8.10. The van der Waals surface area contributed by atoms with Gasteiger partial charge in [-0.15, -0.1) is 11.3 Å². The molecular weight excluding hydrogens is 216 g/mol. The zero-order valence-corrected chi connectivity index (χ0v) is 8.98. The zero-order chi connectivity index (χ0) is 9.97. The maximum atomic E-state index is 5.16. The second kappa shape index (κ2) is 3.84. The van der Waals surface area contributed by atoms with Gasteiger partial charge in [-0.05, 0) is 18.3 Å². The molecule has 0 saturated carbocycles. The first-order valence-electron chi connectivity index (χ1n) is 3.84. The number of hydrogen-bond donors (Lipinski definition) is 0. The number of thiocarbonyl (C=S) groups is 1. The number of aliphatic imine (C=N–C) groups is 1. The summed E-state index contributed by atoms with van der Waals surface area (Å²) in [5.74, 6) is 0.667. The molecule has 0 aliphatic heterocycles. The Morgan fingerprint density at radius 3 is 3.14 bits per heavy atom. The molecule has 0 saturated heterocycles. The molecule has 1 aromatic carbocycles. The van der Waals surface area contributed by atoms with Crippen LogP contribution in [0.25, 0.3) is 10.2 Å². The molecule has 1 heterocycles. The average Bonchev–Trinajstić information content (AvgIpc) is 2.64. The fourth-order valence-electron chi connectivity index (χ4n) is 1.17. The molecule has 0 amide bonds. The number of ether oxygens (including phenoxy) is 1. The summed E-state index contributed by atoms with van der Waals surface area (Å²) < 4.78 is 6.22. The topological polar surface area (TPSA) is 34.5 Å². The third kappa shape index (κ3) is 1.53. The smallest absolute Gasteiger partial charge is 0.147 e. The molecule has 0 radical (unpaired) electrons. The van der Waals surface area contributed by atoms with Gasteiger partial charge in [0.1, 0.15) is 11.4 Å². The Hall–Kier alpha value is -1.29. The number of hydrogen-bond acceptors (Lipinski definition) is 5. The summed E-state index contributed by atoms with van der Waals surface area (Å²) in [5.41, 5.74) is 3.39. The van der Waals surface area contributed by atoms with E-state index in [1.54, 1.807) is 24.0 Å². The molecule has 0 aliphatic rings. The molecule has 14 heavy (non-hydrogen) atoms. The predicted octanol–water partition coefficient (Wildman–Crippen LogP) is 3.04. The van der Waals surface area contributed by atoms with Crippen LogP contribution in [0, 0.1) is 0 Å². The van der Waals surface area contributed by atoms with Crippen molar-refractivity contribution in [3.63, 3.8) is 0 Å². The Bertz CT molecular complexity index is 515. The zero-order valence-electron chi connectivity index (χ0n) is 7.35. The first-order valence-corrected chi connectivity index (χ1v) is 5.13. The van der Waals surface area contributed by atoms with Crippen molar-refractivity contribution in [3.05, 3.63) is 17.6 Å². The van der Waals surface area contributed by atoms with E-state index >= 15 is 0 Å². The van der Waals surface area contributed by atoms with Crippen LogP contribution in [0.15, 0.2) is 22.6 Å². The van der Waals surface area contributed by atoms with Gasteiger partial charge in [0.05, 0.1) is 28.0 Å². The molecule has 0 fully saturated rings. The maximum Gasteiger partial charge on any atom is 0.147 e. The van der Waals surface area contributed by atoms with Crippen LogP contribution in [-0.2, 0) is 0 Å². The highest BCUT2D eigenvalue weighted by atomic mass is 32.1. The molecule has 0 aliphatic carbocycles. The fraction of sp³-hybridized carbons (Fsp3) is 0.111. The number of benzene rings is 1.